The summed E-state index contributed by atoms with van der Waals surface area (Å²) in [7, 11) is 0. The standard InChI is InChI=1S/C18H22N2O2/c1-2-3-13-22-18(21)20-19-14-15-9-11-17(12-10-15)16-7-5-4-6-8-16/h4-12,19H,2-3,13-14H2,1H3,(H,20,21). The molecule has 0 spiro atoms. The van der Waals surface area contributed by atoms with Gasteiger partial charge in [-0.15, -0.1) is 0 Å². The smallest absolute Gasteiger partial charge is 0.421 e. The topological polar surface area (TPSA) is 50.4 Å². The quantitative estimate of drug-likeness (QED) is 0.602. The Balaban J connectivity index is 1.76. The van der Waals surface area contributed by atoms with Crippen molar-refractivity contribution < 1.29 is 9.53 Å². The molecule has 0 radical (unpaired) electrons. The largest absolute Gasteiger partial charge is 0.449 e. The van der Waals surface area contributed by atoms with E-state index in [9.17, 15) is 4.79 Å². The number of carbonyl (C=O) groups is 1. The van der Waals surface area contributed by atoms with Crippen LogP contribution in [0.3, 0.4) is 0 Å². The van der Waals surface area contributed by atoms with E-state index in [1.54, 1.807) is 0 Å². The molecule has 4 heteroatoms. The molecule has 2 rings (SSSR count). The van der Waals surface area contributed by atoms with E-state index >= 15 is 0 Å². The SMILES string of the molecule is CCCCOC(=O)NNCc1ccc(-c2ccccc2)cc1. The van der Waals surface area contributed by atoms with Crippen LogP contribution in [0.15, 0.2) is 54.6 Å². The summed E-state index contributed by atoms with van der Waals surface area (Å²) in [6.07, 6.45) is 1.46. The van der Waals surface area contributed by atoms with Crippen LogP contribution >= 0.6 is 0 Å². The van der Waals surface area contributed by atoms with Crippen LogP contribution in [0.1, 0.15) is 25.3 Å². The van der Waals surface area contributed by atoms with Gasteiger partial charge in [0.1, 0.15) is 0 Å². The molecule has 0 saturated carbocycles. The first-order valence-corrected chi connectivity index (χ1v) is 7.59. The van der Waals surface area contributed by atoms with Gasteiger partial charge in [0.25, 0.3) is 0 Å². The highest BCUT2D eigenvalue weighted by atomic mass is 16.6. The number of hydrazine groups is 1. The fourth-order valence-corrected chi connectivity index (χ4v) is 2.01. The molecule has 0 aliphatic rings. The lowest BCUT2D eigenvalue weighted by Crippen LogP contribution is -2.37. The van der Waals surface area contributed by atoms with Gasteiger partial charge in [-0.2, -0.15) is 0 Å². The Labute approximate surface area is 131 Å². The third kappa shape index (κ3) is 5.22. The van der Waals surface area contributed by atoms with Gasteiger partial charge >= 0.3 is 6.09 Å². The second-order valence-corrected chi connectivity index (χ2v) is 5.03. The number of amides is 1. The van der Waals surface area contributed by atoms with Gasteiger partial charge in [-0.1, -0.05) is 67.9 Å². The van der Waals surface area contributed by atoms with E-state index in [-0.39, 0.29) is 0 Å². The van der Waals surface area contributed by atoms with Crippen LogP contribution in [0.5, 0.6) is 0 Å². The Hall–Kier alpha value is -2.33. The maximum absolute atomic E-state index is 11.4. The summed E-state index contributed by atoms with van der Waals surface area (Å²) in [5, 5.41) is 0. The predicted octanol–water partition coefficient (Wildman–Crippen LogP) is 3.88. The maximum Gasteiger partial charge on any atom is 0.421 e. The average molecular weight is 298 g/mol. The summed E-state index contributed by atoms with van der Waals surface area (Å²) in [5.74, 6) is 0. The molecule has 22 heavy (non-hydrogen) atoms. The Bertz CT molecular complexity index is 567. The molecule has 2 aromatic carbocycles. The Morgan fingerprint density at radius 2 is 1.68 bits per heavy atom. The van der Waals surface area contributed by atoms with Crippen molar-refractivity contribution in [3.8, 4) is 11.1 Å². The van der Waals surface area contributed by atoms with E-state index in [1.807, 2.05) is 30.3 Å². The fraction of sp³-hybridized carbons (Fsp3) is 0.278. The summed E-state index contributed by atoms with van der Waals surface area (Å²) in [6, 6.07) is 18.5. The zero-order valence-electron chi connectivity index (χ0n) is 12.8. The molecule has 116 valence electrons. The zero-order valence-corrected chi connectivity index (χ0v) is 12.8. The van der Waals surface area contributed by atoms with E-state index < -0.39 is 6.09 Å². The molecule has 2 N–H and O–H groups in total. The summed E-state index contributed by atoms with van der Waals surface area (Å²) >= 11 is 0. The number of hydrogen-bond donors (Lipinski definition) is 2. The molecule has 0 unspecified atom stereocenters. The van der Waals surface area contributed by atoms with Crippen molar-refractivity contribution in [2.24, 2.45) is 0 Å². The molecular weight excluding hydrogens is 276 g/mol. The van der Waals surface area contributed by atoms with Crippen LogP contribution in [0.2, 0.25) is 0 Å². The molecule has 0 heterocycles. The van der Waals surface area contributed by atoms with Gasteiger partial charge in [-0.25, -0.2) is 10.2 Å². The minimum Gasteiger partial charge on any atom is -0.449 e. The molecule has 0 bridgehead atoms. The van der Waals surface area contributed by atoms with E-state index in [4.69, 9.17) is 4.74 Å². The summed E-state index contributed by atoms with van der Waals surface area (Å²) in [6.45, 7) is 3.06. The van der Waals surface area contributed by atoms with Crippen LogP contribution in [0.4, 0.5) is 4.79 Å². The molecule has 0 aliphatic carbocycles. The highest BCUT2D eigenvalue weighted by Gasteiger charge is 2.01. The average Bonchev–Trinajstić information content (AvgIpc) is 2.57. The summed E-state index contributed by atoms with van der Waals surface area (Å²) in [5.41, 5.74) is 8.85. The van der Waals surface area contributed by atoms with Crippen molar-refractivity contribution >= 4 is 6.09 Å². The van der Waals surface area contributed by atoms with Crippen LogP contribution in [0.25, 0.3) is 11.1 Å². The van der Waals surface area contributed by atoms with Gasteiger partial charge in [-0.3, -0.25) is 5.43 Å². The summed E-state index contributed by atoms with van der Waals surface area (Å²) < 4.78 is 4.98. The van der Waals surface area contributed by atoms with Gasteiger partial charge in [-0.05, 0) is 23.1 Å². The first kappa shape index (κ1) is 16.0. The molecule has 0 fully saturated rings. The van der Waals surface area contributed by atoms with Crippen LogP contribution in [-0.2, 0) is 11.3 Å². The lowest BCUT2D eigenvalue weighted by molar-refractivity contribution is 0.139. The third-order valence-electron chi connectivity index (χ3n) is 3.28. The van der Waals surface area contributed by atoms with Gasteiger partial charge in [0.15, 0.2) is 0 Å². The molecule has 2 aromatic rings. The first-order valence-electron chi connectivity index (χ1n) is 7.59. The van der Waals surface area contributed by atoms with Crippen LogP contribution in [-0.4, -0.2) is 12.7 Å². The van der Waals surface area contributed by atoms with Crippen molar-refractivity contribution in [1.82, 2.24) is 10.9 Å². The number of nitrogens with one attached hydrogen (secondary N) is 2. The monoisotopic (exact) mass is 298 g/mol. The first-order chi connectivity index (χ1) is 10.8. The maximum atomic E-state index is 11.4. The molecule has 4 nitrogen and oxygen atoms in total. The number of ether oxygens (including phenoxy) is 1. The zero-order chi connectivity index (χ0) is 15.6. The lowest BCUT2D eigenvalue weighted by atomic mass is 10.0. The number of benzene rings is 2. The van der Waals surface area contributed by atoms with Crippen LogP contribution in [0, 0.1) is 0 Å². The molecule has 0 atom stereocenters. The van der Waals surface area contributed by atoms with Crippen LogP contribution < -0.4 is 10.9 Å². The minimum absolute atomic E-state index is 0.436. The second-order valence-electron chi connectivity index (χ2n) is 5.03. The third-order valence-corrected chi connectivity index (χ3v) is 3.28. The van der Waals surface area contributed by atoms with Crippen molar-refractivity contribution in [2.45, 2.75) is 26.3 Å². The Morgan fingerprint density at radius 1 is 1.00 bits per heavy atom. The van der Waals surface area contributed by atoms with E-state index in [0.29, 0.717) is 13.2 Å². The normalized spacial score (nSPS) is 10.2. The van der Waals surface area contributed by atoms with E-state index in [0.717, 1.165) is 18.4 Å². The predicted molar refractivity (Wildman–Crippen MR) is 88.1 cm³/mol. The molecular formula is C18H22N2O2. The Morgan fingerprint density at radius 3 is 2.36 bits per heavy atom. The number of unbranched alkanes of at least 4 members (excludes halogenated alkanes) is 1. The second kappa shape index (κ2) is 8.85. The van der Waals surface area contributed by atoms with E-state index in [1.165, 1.54) is 11.1 Å². The Kier molecular flexibility index (Phi) is 6.45. The highest BCUT2D eigenvalue weighted by molar-refractivity contribution is 5.66. The van der Waals surface area contributed by atoms with Crippen molar-refractivity contribution in [3.05, 3.63) is 60.2 Å². The van der Waals surface area contributed by atoms with Gasteiger partial charge < -0.3 is 4.74 Å². The molecule has 1 amide bonds. The lowest BCUT2D eigenvalue weighted by Gasteiger charge is -2.08. The highest BCUT2D eigenvalue weighted by Crippen LogP contribution is 2.18. The van der Waals surface area contributed by atoms with Gasteiger partial charge in [0, 0.05) is 6.54 Å². The number of hydrogen-bond acceptors (Lipinski definition) is 3. The molecule has 0 aromatic heterocycles. The van der Waals surface area contributed by atoms with Gasteiger partial charge in [0.05, 0.1) is 6.61 Å². The van der Waals surface area contributed by atoms with Gasteiger partial charge in [0.2, 0.25) is 0 Å². The van der Waals surface area contributed by atoms with E-state index in [2.05, 4.69) is 42.0 Å². The summed E-state index contributed by atoms with van der Waals surface area (Å²) in [4.78, 5) is 11.4. The van der Waals surface area contributed by atoms with Crippen molar-refractivity contribution in [1.29, 1.82) is 0 Å². The number of carbonyl (C=O) groups excluding carboxylic acids is 1. The van der Waals surface area contributed by atoms with Crippen molar-refractivity contribution in [2.75, 3.05) is 6.61 Å². The molecule has 0 saturated heterocycles. The fourth-order valence-electron chi connectivity index (χ4n) is 2.01. The minimum atomic E-state index is -0.436. The molecule has 0 aliphatic heterocycles. The number of rotatable bonds is 7. The van der Waals surface area contributed by atoms with Crippen molar-refractivity contribution in [3.63, 3.8) is 0 Å².